The first-order valence-corrected chi connectivity index (χ1v) is 6.92. The summed E-state index contributed by atoms with van der Waals surface area (Å²) in [6.07, 6.45) is 0. The molecule has 0 saturated carbocycles. The molecular formula is C14H13FN4S. The number of hydrogen-bond acceptors (Lipinski definition) is 4. The molecule has 1 aromatic carbocycles. The van der Waals surface area contributed by atoms with Gasteiger partial charge in [-0.05, 0) is 31.5 Å². The second-order valence-electron chi connectivity index (χ2n) is 4.51. The zero-order chi connectivity index (χ0) is 14.3. The summed E-state index contributed by atoms with van der Waals surface area (Å²) in [5, 5.41) is 8.02. The molecule has 20 heavy (non-hydrogen) atoms. The molecule has 0 bridgehead atoms. The second-order valence-corrected chi connectivity index (χ2v) is 5.72. The number of aromatic nitrogens is 3. The number of nitrogens with zero attached hydrogens (tertiary/aromatic N) is 2. The Kier molecular flexibility index (Phi) is 3.02. The fraction of sp³-hybridized carbons (Fsp3) is 0.143. The molecule has 0 aliphatic rings. The zero-order valence-corrected chi connectivity index (χ0v) is 11.9. The number of aromatic amines is 1. The molecule has 3 rings (SSSR count). The molecule has 0 unspecified atom stereocenters. The van der Waals surface area contributed by atoms with E-state index < -0.39 is 0 Å². The van der Waals surface area contributed by atoms with Crippen molar-refractivity contribution in [2.24, 2.45) is 0 Å². The standard InChI is InChI=1S/C14H13FN4S/c1-7-13(20-8(2)17-7)12-11(14(16)19-18-12)9-3-5-10(15)6-4-9/h3-6H,1-2H3,(H3,16,18,19). The molecule has 2 aromatic heterocycles. The van der Waals surface area contributed by atoms with Gasteiger partial charge in [0.2, 0.25) is 0 Å². The molecule has 3 aromatic rings. The number of nitrogen functional groups attached to an aromatic ring is 1. The van der Waals surface area contributed by atoms with E-state index in [2.05, 4.69) is 15.2 Å². The summed E-state index contributed by atoms with van der Waals surface area (Å²) in [5.41, 5.74) is 9.33. The fourth-order valence-electron chi connectivity index (χ4n) is 2.19. The predicted molar refractivity (Wildman–Crippen MR) is 79.0 cm³/mol. The Labute approximate surface area is 119 Å². The van der Waals surface area contributed by atoms with Gasteiger partial charge in [0.1, 0.15) is 5.82 Å². The van der Waals surface area contributed by atoms with Gasteiger partial charge in [-0.25, -0.2) is 9.37 Å². The summed E-state index contributed by atoms with van der Waals surface area (Å²) in [6.45, 7) is 3.91. The summed E-state index contributed by atoms with van der Waals surface area (Å²) in [4.78, 5) is 5.42. The van der Waals surface area contributed by atoms with E-state index in [0.29, 0.717) is 5.82 Å². The van der Waals surface area contributed by atoms with Gasteiger partial charge in [0, 0.05) is 0 Å². The number of nitrogens with two attached hydrogens (primary N) is 1. The Balaban J connectivity index is 2.19. The van der Waals surface area contributed by atoms with Crippen molar-refractivity contribution in [3.8, 4) is 21.7 Å². The molecular weight excluding hydrogens is 275 g/mol. The first-order chi connectivity index (χ1) is 9.56. The highest BCUT2D eigenvalue weighted by Crippen LogP contribution is 2.38. The van der Waals surface area contributed by atoms with Crippen LogP contribution < -0.4 is 5.73 Å². The van der Waals surface area contributed by atoms with Gasteiger partial charge < -0.3 is 5.73 Å². The van der Waals surface area contributed by atoms with E-state index in [9.17, 15) is 4.39 Å². The molecule has 0 aliphatic heterocycles. The normalized spacial score (nSPS) is 10.9. The molecule has 0 radical (unpaired) electrons. The third kappa shape index (κ3) is 2.08. The largest absolute Gasteiger partial charge is 0.382 e. The Hall–Kier alpha value is -2.21. The SMILES string of the molecule is Cc1nc(C)c(-c2[nH]nc(N)c2-c2ccc(F)cc2)s1. The van der Waals surface area contributed by atoms with Gasteiger partial charge in [-0.1, -0.05) is 12.1 Å². The highest BCUT2D eigenvalue weighted by atomic mass is 32.1. The average molecular weight is 288 g/mol. The van der Waals surface area contributed by atoms with Crippen LogP contribution >= 0.6 is 11.3 Å². The van der Waals surface area contributed by atoms with Gasteiger partial charge in [-0.15, -0.1) is 11.3 Å². The summed E-state index contributed by atoms with van der Waals surface area (Å²) < 4.78 is 13.1. The highest BCUT2D eigenvalue weighted by Gasteiger charge is 2.18. The third-order valence-electron chi connectivity index (χ3n) is 3.06. The molecule has 3 N–H and O–H groups in total. The summed E-state index contributed by atoms with van der Waals surface area (Å²) in [6, 6.07) is 6.22. The van der Waals surface area contributed by atoms with E-state index in [-0.39, 0.29) is 5.82 Å². The van der Waals surface area contributed by atoms with Crippen LogP contribution in [0.3, 0.4) is 0 Å². The Morgan fingerprint density at radius 3 is 2.50 bits per heavy atom. The van der Waals surface area contributed by atoms with Crippen LogP contribution in [0.15, 0.2) is 24.3 Å². The number of hydrogen-bond donors (Lipinski definition) is 2. The number of nitrogens with one attached hydrogen (secondary N) is 1. The molecule has 2 heterocycles. The van der Waals surface area contributed by atoms with Crippen LogP contribution in [0.25, 0.3) is 21.7 Å². The monoisotopic (exact) mass is 288 g/mol. The predicted octanol–water partition coefficient (Wildman–Crippen LogP) is 3.54. The number of aryl methyl sites for hydroxylation is 2. The van der Waals surface area contributed by atoms with Crippen molar-refractivity contribution < 1.29 is 4.39 Å². The van der Waals surface area contributed by atoms with Gasteiger partial charge in [0.15, 0.2) is 5.82 Å². The smallest absolute Gasteiger partial charge is 0.153 e. The van der Waals surface area contributed by atoms with Crippen molar-refractivity contribution in [2.45, 2.75) is 13.8 Å². The van der Waals surface area contributed by atoms with E-state index in [1.165, 1.54) is 12.1 Å². The molecule has 0 spiro atoms. The number of halogens is 1. The summed E-state index contributed by atoms with van der Waals surface area (Å²) in [5.74, 6) is 0.124. The molecule has 0 amide bonds. The van der Waals surface area contributed by atoms with Crippen molar-refractivity contribution in [2.75, 3.05) is 5.73 Å². The molecule has 0 aliphatic carbocycles. The van der Waals surface area contributed by atoms with E-state index >= 15 is 0 Å². The fourth-order valence-corrected chi connectivity index (χ4v) is 3.11. The van der Waals surface area contributed by atoms with Crippen LogP contribution in [-0.4, -0.2) is 15.2 Å². The third-order valence-corrected chi connectivity index (χ3v) is 4.15. The zero-order valence-electron chi connectivity index (χ0n) is 11.1. The number of rotatable bonds is 2. The lowest BCUT2D eigenvalue weighted by Crippen LogP contribution is -1.89. The van der Waals surface area contributed by atoms with Crippen molar-refractivity contribution in [1.29, 1.82) is 0 Å². The quantitative estimate of drug-likeness (QED) is 0.758. The highest BCUT2D eigenvalue weighted by molar-refractivity contribution is 7.15. The van der Waals surface area contributed by atoms with Gasteiger partial charge in [-0.2, -0.15) is 5.10 Å². The number of thiazole rings is 1. The topological polar surface area (TPSA) is 67.6 Å². The van der Waals surface area contributed by atoms with Gasteiger partial charge >= 0.3 is 0 Å². The lowest BCUT2D eigenvalue weighted by atomic mass is 10.0. The second kappa shape index (κ2) is 4.72. The Bertz CT molecular complexity index is 758. The maximum Gasteiger partial charge on any atom is 0.153 e. The van der Waals surface area contributed by atoms with Crippen molar-refractivity contribution in [3.63, 3.8) is 0 Å². The van der Waals surface area contributed by atoms with Crippen LogP contribution in [0.2, 0.25) is 0 Å². The van der Waals surface area contributed by atoms with Crippen LogP contribution in [-0.2, 0) is 0 Å². The minimum Gasteiger partial charge on any atom is -0.382 e. The van der Waals surface area contributed by atoms with E-state index in [1.54, 1.807) is 23.5 Å². The molecule has 0 fully saturated rings. The minimum absolute atomic E-state index is 0.276. The maximum atomic E-state index is 13.1. The Morgan fingerprint density at radius 1 is 1.20 bits per heavy atom. The van der Waals surface area contributed by atoms with Crippen LogP contribution in [0.5, 0.6) is 0 Å². The van der Waals surface area contributed by atoms with Crippen molar-refractivity contribution in [1.82, 2.24) is 15.2 Å². The molecule has 0 atom stereocenters. The minimum atomic E-state index is -0.276. The molecule has 102 valence electrons. The lowest BCUT2D eigenvalue weighted by Gasteiger charge is -2.03. The first kappa shape index (κ1) is 12.8. The summed E-state index contributed by atoms with van der Waals surface area (Å²) in [7, 11) is 0. The van der Waals surface area contributed by atoms with Crippen molar-refractivity contribution >= 4 is 17.2 Å². The number of benzene rings is 1. The van der Waals surface area contributed by atoms with Gasteiger partial charge in [-0.3, -0.25) is 5.10 Å². The van der Waals surface area contributed by atoms with Crippen LogP contribution in [0.4, 0.5) is 10.2 Å². The summed E-state index contributed by atoms with van der Waals surface area (Å²) >= 11 is 1.58. The van der Waals surface area contributed by atoms with Crippen LogP contribution in [0.1, 0.15) is 10.7 Å². The lowest BCUT2D eigenvalue weighted by molar-refractivity contribution is 0.628. The van der Waals surface area contributed by atoms with Gasteiger partial charge in [0.05, 0.1) is 26.8 Å². The van der Waals surface area contributed by atoms with E-state index in [0.717, 1.165) is 32.4 Å². The molecule has 4 nitrogen and oxygen atoms in total. The van der Waals surface area contributed by atoms with Gasteiger partial charge in [0.25, 0.3) is 0 Å². The molecule has 0 saturated heterocycles. The average Bonchev–Trinajstić information content (AvgIpc) is 2.93. The maximum absolute atomic E-state index is 13.1. The number of anilines is 1. The first-order valence-electron chi connectivity index (χ1n) is 6.10. The Morgan fingerprint density at radius 2 is 1.90 bits per heavy atom. The number of H-pyrrole nitrogens is 1. The van der Waals surface area contributed by atoms with Crippen LogP contribution in [0, 0.1) is 19.7 Å². The van der Waals surface area contributed by atoms with Crippen molar-refractivity contribution in [3.05, 3.63) is 40.8 Å². The van der Waals surface area contributed by atoms with E-state index in [4.69, 9.17) is 5.73 Å². The van der Waals surface area contributed by atoms with E-state index in [1.807, 2.05) is 13.8 Å². The molecule has 6 heteroatoms.